The van der Waals surface area contributed by atoms with Crippen LogP contribution in [0, 0.1) is 0 Å². The molecule has 1 rings (SSSR count). The number of carbonyl (C=O) groups is 1. The molecule has 1 aliphatic heterocycles. The topological polar surface area (TPSA) is 44.8 Å². The highest BCUT2D eigenvalue weighted by Gasteiger charge is 2.27. The van der Waals surface area contributed by atoms with Crippen LogP contribution in [0.25, 0.3) is 0 Å². The molecule has 0 aromatic carbocycles. The first-order valence-electron chi connectivity index (χ1n) is 3.99. The molecule has 0 unspecified atom stereocenters. The van der Waals surface area contributed by atoms with Crippen molar-refractivity contribution < 1.29 is 19.0 Å². The highest BCUT2D eigenvalue weighted by Crippen LogP contribution is 2.14. The molecule has 4 heteroatoms. The molecular formula is C8H14O4. The number of carbonyl (C=O) groups excluding carboxylic acids is 1. The third-order valence-corrected chi connectivity index (χ3v) is 1.72. The van der Waals surface area contributed by atoms with E-state index < -0.39 is 0 Å². The largest absolute Gasteiger partial charge is 0.370 e. The van der Waals surface area contributed by atoms with Crippen molar-refractivity contribution >= 4 is 5.78 Å². The van der Waals surface area contributed by atoms with Crippen LogP contribution in [0.5, 0.6) is 0 Å². The van der Waals surface area contributed by atoms with Crippen molar-refractivity contribution in [1.82, 2.24) is 0 Å². The van der Waals surface area contributed by atoms with Crippen LogP contribution < -0.4 is 0 Å². The Morgan fingerprint density at radius 3 is 2.75 bits per heavy atom. The number of methoxy groups -OCH3 is 1. The number of hydrogen-bond donors (Lipinski definition) is 0. The molecule has 70 valence electrons. The van der Waals surface area contributed by atoms with Gasteiger partial charge in [-0.15, -0.1) is 0 Å². The molecule has 1 fully saturated rings. The smallest absolute Gasteiger partial charge is 0.183 e. The second kappa shape index (κ2) is 4.54. The Balaban J connectivity index is 2.41. The van der Waals surface area contributed by atoms with E-state index >= 15 is 0 Å². The van der Waals surface area contributed by atoms with Crippen molar-refractivity contribution in [2.75, 3.05) is 20.3 Å². The highest BCUT2D eigenvalue weighted by molar-refractivity contribution is 5.76. The molecule has 0 aliphatic carbocycles. The molecule has 1 saturated heterocycles. The SMILES string of the molecule is CO[C@@H]1OCCO[C@@H]1CC(C)=O. The van der Waals surface area contributed by atoms with E-state index in [-0.39, 0.29) is 18.2 Å². The molecule has 0 N–H and O–H groups in total. The normalized spacial score (nSPS) is 30.2. The van der Waals surface area contributed by atoms with Gasteiger partial charge < -0.3 is 14.2 Å². The van der Waals surface area contributed by atoms with Gasteiger partial charge in [0.1, 0.15) is 11.9 Å². The Morgan fingerprint density at radius 2 is 2.17 bits per heavy atom. The molecule has 0 radical (unpaired) electrons. The lowest BCUT2D eigenvalue weighted by molar-refractivity contribution is -0.238. The minimum absolute atomic E-state index is 0.0903. The van der Waals surface area contributed by atoms with Gasteiger partial charge in [0.15, 0.2) is 6.29 Å². The summed E-state index contributed by atoms with van der Waals surface area (Å²) in [6.45, 7) is 2.61. The summed E-state index contributed by atoms with van der Waals surface area (Å²) < 4.78 is 15.6. The Kier molecular flexibility index (Phi) is 3.65. The summed E-state index contributed by atoms with van der Waals surface area (Å²) in [5.74, 6) is 0.0903. The standard InChI is InChI=1S/C8H14O4/c1-6(9)5-7-8(10-2)12-4-3-11-7/h7-8H,3-5H2,1-2H3/t7-,8-/m1/s1. The summed E-state index contributed by atoms with van der Waals surface area (Å²) in [5, 5.41) is 0. The van der Waals surface area contributed by atoms with Gasteiger partial charge in [0.05, 0.1) is 13.2 Å². The van der Waals surface area contributed by atoms with Crippen LogP contribution in [0.2, 0.25) is 0 Å². The molecule has 0 spiro atoms. The predicted molar refractivity (Wildman–Crippen MR) is 41.8 cm³/mol. The summed E-state index contributed by atoms with van der Waals surface area (Å²) in [6, 6.07) is 0. The summed E-state index contributed by atoms with van der Waals surface area (Å²) in [7, 11) is 1.55. The molecule has 4 nitrogen and oxygen atoms in total. The van der Waals surface area contributed by atoms with E-state index in [1.165, 1.54) is 6.92 Å². The van der Waals surface area contributed by atoms with E-state index in [0.29, 0.717) is 19.6 Å². The van der Waals surface area contributed by atoms with Gasteiger partial charge in [-0.2, -0.15) is 0 Å². The van der Waals surface area contributed by atoms with Gasteiger partial charge in [-0.25, -0.2) is 0 Å². The van der Waals surface area contributed by atoms with Crippen LogP contribution >= 0.6 is 0 Å². The van der Waals surface area contributed by atoms with E-state index in [1.807, 2.05) is 0 Å². The van der Waals surface area contributed by atoms with Gasteiger partial charge >= 0.3 is 0 Å². The third-order valence-electron chi connectivity index (χ3n) is 1.72. The zero-order chi connectivity index (χ0) is 8.97. The minimum Gasteiger partial charge on any atom is -0.370 e. The maximum absolute atomic E-state index is 10.8. The van der Waals surface area contributed by atoms with Crippen LogP contribution in [0.4, 0.5) is 0 Å². The molecule has 0 amide bonds. The fraction of sp³-hybridized carbons (Fsp3) is 0.875. The maximum atomic E-state index is 10.8. The van der Waals surface area contributed by atoms with Crippen LogP contribution in [0.3, 0.4) is 0 Å². The molecule has 0 bridgehead atoms. The minimum atomic E-state index is -0.386. The lowest BCUT2D eigenvalue weighted by atomic mass is 10.2. The average Bonchev–Trinajstić information content (AvgIpc) is 2.04. The van der Waals surface area contributed by atoms with E-state index in [4.69, 9.17) is 14.2 Å². The van der Waals surface area contributed by atoms with Crippen LogP contribution in [-0.4, -0.2) is 38.5 Å². The molecule has 0 aromatic rings. The second-order valence-electron chi connectivity index (χ2n) is 2.79. The average molecular weight is 174 g/mol. The molecular weight excluding hydrogens is 160 g/mol. The van der Waals surface area contributed by atoms with Crippen LogP contribution in [0.1, 0.15) is 13.3 Å². The Bertz CT molecular complexity index is 157. The zero-order valence-electron chi connectivity index (χ0n) is 7.41. The summed E-state index contributed by atoms with van der Waals surface area (Å²) >= 11 is 0. The van der Waals surface area contributed by atoms with Crippen molar-refractivity contribution in [1.29, 1.82) is 0 Å². The van der Waals surface area contributed by atoms with Crippen molar-refractivity contribution in [3.05, 3.63) is 0 Å². The fourth-order valence-corrected chi connectivity index (χ4v) is 1.21. The molecule has 12 heavy (non-hydrogen) atoms. The Labute approximate surface area is 71.8 Å². The van der Waals surface area contributed by atoms with Gasteiger partial charge in [-0.3, -0.25) is 4.79 Å². The van der Waals surface area contributed by atoms with E-state index in [0.717, 1.165) is 0 Å². The lowest BCUT2D eigenvalue weighted by Gasteiger charge is -2.29. The molecule has 2 atom stereocenters. The van der Waals surface area contributed by atoms with Crippen molar-refractivity contribution in [3.63, 3.8) is 0 Å². The van der Waals surface area contributed by atoms with Gasteiger partial charge in [0.2, 0.25) is 0 Å². The monoisotopic (exact) mass is 174 g/mol. The van der Waals surface area contributed by atoms with Crippen molar-refractivity contribution in [3.8, 4) is 0 Å². The Hall–Kier alpha value is -0.450. The van der Waals surface area contributed by atoms with Crippen molar-refractivity contribution in [2.45, 2.75) is 25.7 Å². The molecule has 0 saturated carbocycles. The summed E-state index contributed by atoms with van der Waals surface area (Å²) in [5.41, 5.74) is 0. The van der Waals surface area contributed by atoms with E-state index in [9.17, 15) is 4.79 Å². The van der Waals surface area contributed by atoms with Gasteiger partial charge in [-0.1, -0.05) is 0 Å². The van der Waals surface area contributed by atoms with E-state index in [1.54, 1.807) is 7.11 Å². The van der Waals surface area contributed by atoms with Crippen LogP contribution in [0.15, 0.2) is 0 Å². The van der Waals surface area contributed by atoms with Gasteiger partial charge in [0, 0.05) is 13.5 Å². The third kappa shape index (κ3) is 2.55. The van der Waals surface area contributed by atoms with E-state index in [2.05, 4.69) is 0 Å². The number of rotatable bonds is 3. The summed E-state index contributed by atoms with van der Waals surface area (Å²) in [4.78, 5) is 10.8. The maximum Gasteiger partial charge on any atom is 0.183 e. The fourth-order valence-electron chi connectivity index (χ4n) is 1.21. The highest BCUT2D eigenvalue weighted by atomic mass is 16.7. The quantitative estimate of drug-likeness (QED) is 0.619. The Morgan fingerprint density at radius 1 is 1.50 bits per heavy atom. The summed E-state index contributed by atoms with van der Waals surface area (Å²) in [6.07, 6.45) is -0.262. The zero-order valence-corrected chi connectivity index (χ0v) is 7.41. The number of Topliss-reactive ketones (excluding diaryl/α,β-unsaturated/α-hetero) is 1. The lowest BCUT2D eigenvalue weighted by Crippen LogP contribution is -2.40. The van der Waals surface area contributed by atoms with Gasteiger partial charge in [-0.05, 0) is 6.92 Å². The van der Waals surface area contributed by atoms with Crippen LogP contribution in [-0.2, 0) is 19.0 Å². The van der Waals surface area contributed by atoms with Gasteiger partial charge in [0.25, 0.3) is 0 Å². The first-order chi connectivity index (χ1) is 5.74. The first-order valence-corrected chi connectivity index (χ1v) is 3.99. The number of hydrogen-bond acceptors (Lipinski definition) is 4. The second-order valence-corrected chi connectivity index (χ2v) is 2.79. The molecule has 1 heterocycles. The van der Waals surface area contributed by atoms with Crippen molar-refractivity contribution in [2.24, 2.45) is 0 Å². The number of ether oxygens (including phenoxy) is 3. The number of ketones is 1. The molecule has 0 aromatic heterocycles. The predicted octanol–water partition coefficient (Wildman–Crippen LogP) is 0.353. The molecule has 1 aliphatic rings. The first kappa shape index (κ1) is 9.64.